The van der Waals surface area contributed by atoms with Gasteiger partial charge in [0.05, 0.1) is 0 Å². The van der Waals surface area contributed by atoms with Crippen molar-refractivity contribution >= 4 is 22.6 Å². The summed E-state index contributed by atoms with van der Waals surface area (Å²) in [7, 11) is 3.81. The molecule has 1 aliphatic rings. The van der Waals surface area contributed by atoms with E-state index in [9.17, 15) is 9.59 Å². The molecule has 0 unspecified atom stereocenters. The Kier molecular flexibility index (Phi) is 3.44. The van der Waals surface area contributed by atoms with E-state index in [0.29, 0.717) is 35.2 Å². The maximum atomic E-state index is 12.7. The molecule has 0 saturated heterocycles. The average Bonchev–Trinajstić information content (AvgIpc) is 2.51. The topological polar surface area (TPSA) is 40.6 Å². The highest BCUT2D eigenvalue weighted by molar-refractivity contribution is 6.25. The van der Waals surface area contributed by atoms with Crippen molar-refractivity contribution < 1.29 is 9.59 Å². The second kappa shape index (κ2) is 5.28. The Morgan fingerprint density at radius 1 is 1.14 bits per heavy atom. The molecule has 0 radical (unpaired) electrons. The number of nitrogens with zero attached hydrogens (tertiary/aromatic N) is 2. The zero-order valence-corrected chi connectivity index (χ0v) is 12.6. The van der Waals surface area contributed by atoms with Gasteiger partial charge in [-0.2, -0.15) is 0 Å². The van der Waals surface area contributed by atoms with Crippen molar-refractivity contribution in [3.8, 4) is 12.3 Å². The monoisotopic (exact) mass is 292 g/mol. The van der Waals surface area contributed by atoms with Gasteiger partial charge in [0.1, 0.15) is 0 Å². The first kappa shape index (κ1) is 14.3. The van der Waals surface area contributed by atoms with Gasteiger partial charge < -0.3 is 4.90 Å². The SMILES string of the molecule is C#Cc1cc2c3c(cccc3c1)C(=O)N(CCN(C)C)C2=O. The molecule has 2 amide bonds. The number of amides is 2. The third-order valence-corrected chi connectivity index (χ3v) is 3.87. The Morgan fingerprint density at radius 3 is 2.55 bits per heavy atom. The summed E-state index contributed by atoms with van der Waals surface area (Å²) >= 11 is 0. The highest BCUT2D eigenvalue weighted by Crippen LogP contribution is 2.31. The van der Waals surface area contributed by atoms with Gasteiger partial charge in [-0.3, -0.25) is 14.5 Å². The van der Waals surface area contributed by atoms with Crippen LogP contribution in [0.15, 0.2) is 30.3 Å². The molecule has 1 heterocycles. The Hall–Kier alpha value is -2.64. The number of carbonyl (C=O) groups is 2. The van der Waals surface area contributed by atoms with Gasteiger partial charge in [0.2, 0.25) is 0 Å². The van der Waals surface area contributed by atoms with E-state index in [1.807, 2.05) is 37.2 Å². The van der Waals surface area contributed by atoms with Gasteiger partial charge >= 0.3 is 0 Å². The molecule has 0 spiro atoms. The number of likely N-dealkylation sites (N-methyl/N-ethyl adjacent to an activating group) is 1. The molecule has 2 aromatic rings. The van der Waals surface area contributed by atoms with Crippen molar-refractivity contribution in [1.82, 2.24) is 9.80 Å². The van der Waals surface area contributed by atoms with E-state index >= 15 is 0 Å². The largest absolute Gasteiger partial charge is 0.308 e. The van der Waals surface area contributed by atoms with Gasteiger partial charge in [-0.25, -0.2) is 0 Å². The predicted octanol–water partition coefficient (Wildman–Crippen LogP) is 1.98. The summed E-state index contributed by atoms with van der Waals surface area (Å²) in [6.07, 6.45) is 5.48. The van der Waals surface area contributed by atoms with Crippen LogP contribution in [0.3, 0.4) is 0 Å². The third-order valence-electron chi connectivity index (χ3n) is 3.87. The molecule has 4 heteroatoms. The molecule has 22 heavy (non-hydrogen) atoms. The predicted molar refractivity (Wildman–Crippen MR) is 85.8 cm³/mol. The van der Waals surface area contributed by atoms with Gasteiger partial charge in [-0.15, -0.1) is 6.42 Å². The molecule has 1 aliphatic heterocycles. The molecule has 0 bridgehead atoms. The summed E-state index contributed by atoms with van der Waals surface area (Å²) < 4.78 is 0. The molecule has 4 nitrogen and oxygen atoms in total. The Morgan fingerprint density at radius 2 is 1.86 bits per heavy atom. The summed E-state index contributed by atoms with van der Waals surface area (Å²) in [5, 5.41) is 1.54. The maximum absolute atomic E-state index is 12.7. The molecule has 0 fully saturated rings. The van der Waals surface area contributed by atoms with Gasteiger partial charge in [0.25, 0.3) is 11.8 Å². The first-order valence-electron chi connectivity index (χ1n) is 7.07. The summed E-state index contributed by atoms with van der Waals surface area (Å²) in [4.78, 5) is 28.6. The molecule has 0 aromatic heterocycles. The lowest BCUT2D eigenvalue weighted by atomic mass is 9.92. The zero-order valence-electron chi connectivity index (χ0n) is 12.6. The van der Waals surface area contributed by atoms with Crippen molar-refractivity contribution in [3.05, 3.63) is 47.0 Å². The number of benzene rings is 2. The minimum absolute atomic E-state index is 0.238. The normalized spacial score (nSPS) is 13.8. The van der Waals surface area contributed by atoms with Crippen LogP contribution in [0.5, 0.6) is 0 Å². The fourth-order valence-electron chi connectivity index (χ4n) is 2.74. The zero-order chi connectivity index (χ0) is 15.9. The highest BCUT2D eigenvalue weighted by atomic mass is 16.2. The minimum atomic E-state index is -0.271. The molecule has 2 aromatic carbocycles. The molecule has 0 N–H and O–H groups in total. The number of carbonyl (C=O) groups excluding carboxylic acids is 2. The summed E-state index contributed by atoms with van der Waals surface area (Å²) in [6.45, 7) is 0.985. The van der Waals surface area contributed by atoms with E-state index in [1.165, 1.54) is 4.90 Å². The van der Waals surface area contributed by atoms with Crippen LogP contribution in [0.2, 0.25) is 0 Å². The smallest absolute Gasteiger partial charge is 0.261 e. The van der Waals surface area contributed by atoms with Gasteiger partial charge in [-0.1, -0.05) is 18.1 Å². The molecule has 3 rings (SSSR count). The molecule has 0 saturated carbocycles. The Labute approximate surface area is 129 Å². The summed E-state index contributed by atoms with van der Waals surface area (Å²) in [6, 6.07) is 8.99. The van der Waals surface area contributed by atoms with Crippen LogP contribution in [0.1, 0.15) is 26.3 Å². The van der Waals surface area contributed by atoms with Gasteiger partial charge in [0.15, 0.2) is 0 Å². The van der Waals surface area contributed by atoms with Crippen molar-refractivity contribution in [1.29, 1.82) is 0 Å². The Balaban J connectivity index is 2.18. The molecule has 0 aliphatic carbocycles. The molecule has 0 atom stereocenters. The van der Waals surface area contributed by atoms with E-state index in [4.69, 9.17) is 6.42 Å². The van der Waals surface area contributed by atoms with Gasteiger partial charge in [-0.05, 0) is 37.7 Å². The second-order valence-corrected chi connectivity index (χ2v) is 5.64. The van der Waals surface area contributed by atoms with Crippen molar-refractivity contribution in [2.24, 2.45) is 0 Å². The molecular formula is C18H16N2O2. The van der Waals surface area contributed by atoms with Crippen LogP contribution in [0.4, 0.5) is 0 Å². The van der Waals surface area contributed by atoms with E-state index in [0.717, 1.165) is 5.39 Å². The third kappa shape index (κ3) is 2.16. The van der Waals surface area contributed by atoms with Crippen LogP contribution in [0, 0.1) is 12.3 Å². The standard InChI is InChI=1S/C18H16N2O2/c1-4-12-10-13-6-5-7-14-16(13)15(11-12)18(22)20(17(14)21)9-8-19(2)3/h1,5-7,10-11H,8-9H2,2-3H3. The summed E-state index contributed by atoms with van der Waals surface area (Å²) in [5.74, 6) is 2.06. The number of terminal acetylenes is 1. The molecule has 110 valence electrons. The fourth-order valence-corrected chi connectivity index (χ4v) is 2.74. The van der Waals surface area contributed by atoms with Gasteiger partial charge in [0, 0.05) is 35.2 Å². The maximum Gasteiger partial charge on any atom is 0.261 e. The first-order chi connectivity index (χ1) is 10.5. The van der Waals surface area contributed by atoms with Crippen LogP contribution in [-0.4, -0.2) is 48.8 Å². The van der Waals surface area contributed by atoms with E-state index in [1.54, 1.807) is 12.1 Å². The number of rotatable bonds is 3. The number of hydrogen-bond donors (Lipinski definition) is 0. The number of imide groups is 1. The highest BCUT2D eigenvalue weighted by Gasteiger charge is 2.32. The Bertz CT molecular complexity index is 831. The first-order valence-corrected chi connectivity index (χ1v) is 7.07. The van der Waals surface area contributed by atoms with E-state index in [2.05, 4.69) is 5.92 Å². The quantitative estimate of drug-likeness (QED) is 0.641. The fraction of sp³-hybridized carbons (Fsp3) is 0.222. The van der Waals surface area contributed by atoms with Crippen molar-refractivity contribution in [2.75, 3.05) is 27.2 Å². The minimum Gasteiger partial charge on any atom is -0.308 e. The van der Waals surface area contributed by atoms with E-state index in [-0.39, 0.29) is 11.8 Å². The van der Waals surface area contributed by atoms with Crippen LogP contribution >= 0.6 is 0 Å². The van der Waals surface area contributed by atoms with Crippen molar-refractivity contribution in [3.63, 3.8) is 0 Å². The van der Waals surface area contributed by atoms with Crippen LogP contribution in [0.25, 0.3) is 10.8 Å². The average molecular weight is 292 g/mol. The lowest BCUT2D eigenvalue weighted by Gasteiger charge is -2.28. The summed E-state index contributed by atoms with van der Waals surface area (Å²) in [5.41, 5.74) is 1.73. The van der Waals surface area contributed by atoms with Crippen molar-refractivity contribution in [2.45, 2.75) is 0 Å². The lowest BCUT2D eigenvalue weighted by Crippen LogP contribution is -2.43. The van der Waals surface area contributed by atoms with Crippen LogP contribution in [-0.2, 0) is 0 Å². The molecular weight excluding hydrogens is 276 g/mol. The van der Waals surface area contributed by atoms with E-state index < -0.39 is 0 Å². The van der Waals surface area contributed by atoms with Crippen LogP contribution < -0.4 is 0 Å². The number of hydrogen-bond acceptors (Lipinski definition) is 3. The second-order valence-electron chi connectivity index (χ2n) is 5.64. The lowest BCUT2D eigenvalue weighted by molar-refractivity contribution is 0.0601.